The van der Waals surface area contributed by atoms with Gasteiger partial charge in [0.2, 0.25) is 0 Å². The molecule has 0 bridgehead atoms. The fraction of sp³-hybridized carbons (Fsp3) is 0.417. The Hall–Kier alpha value is -0.870. The lowest BCUT2D eigenvalue weighted by Crippen LogP contribution is -2.18. The molecule has 0 aliphatic heterocycles. The molecule has 3 nitrogen and oxygen atoms in total. The van der Waals surface area contributed by atoms with Crippen molar-refractivity contribution in [1.29, 1.82) is 0 Å². The van der Waals surface area contributed by atoms with Gasteiger partial charge in [0.1, 0.15) is 5.75 Å². The standard InChI is InChI=1S/C12H13ClO3S/c13-11-5-1-9(2-6-11)7-17(15,16)8-12(14)10-3-4-10/h1-2,5-6,10H,3-4,7-8H2. The van der Waals surface area contributed by atoms with Gasteiger partial charge in [0.05, 0.1) is 5.75 Å². The van der Waals surface area contributed by atoms with Crippen molar-refractivity contribution in [1.82, 2.24) is 0 Å². The molecular weight excluding hydrogens is 260 g/mol. The zero-order valence-electron chi connectivity index (χ0n) is 9.23. The fourth-order valence-corrected chi connectivity index (χ4v) is 3.22. The Kier molecular flexibility index (Phi) is 3.54. The van der Waals surface area contributed by atoms with Gasteiger partial charge in [-0.25, -0.2) is 8.42 Å². The number of ketones is 1. The number of hydrogen-bond acceptors (Lipinski definition) is 3. The summed E-state index contributed by atoms with van der Waals surface area (Å²) in [7, 11) is -3.34. The quantitative estimate of drug-likeness (QED) is 0.826. The second-order valence-electron chi connectivity index (χ2n) is 4.40. The van der Waals surface area contributed by atoms with Crippen molar-refractivity contribution in [3.63, 3.8) is 0 Å². The van der Waals surface area contributed by atoms with E-state index in [2.05, 4.69) is 0 Å². The first kappa shape index (κ1) is 12.6. The smallest absolute Gasteiger partial charge is 0.161 e. The maximum atomic E-state index is 11.8. The molecule has 5 heteroatoms. The highest BCUT2D eigenvalue weighted by atomic mass is 35.5. The van der Waals surface area contributed by atoms with E-state index in [9.17, 15) is 13.2 Å². The topological polar surface area (TPSA) is 51.2 Å². The van der Waals surface area contributed by atoms with Gasteiger partial charge in [-0.2, -0.15) is 0 Å². The van der Waals surface area contributed by atoms with Gasteiger partial charge in [0.25, 0.3) is 0 Å². The summed E-state index contributed by atoms with van der Waals surface area (Å²) in [6, 6.07) is 6.63. The van der Waals surface area contributed by atoms with Crippen molar-refractivity contribution in [2.45, 2.75) is 18.6 Å². The SMILES string of the molecule is O=C(CS(=O)(=O)Cc1ccc(Cl)cc1)C1CC1. The molecule has 0 spiro atoms. The number of rotatable bonds is 5. The summed E-state index contributed by atoms with van der Waals surface area (Å²) in [5, 5.41) is 0.570. The third kappa shape index (κ3) is 3.82. The number of Topliss-reactive ketones (excluding diaryl/α,β-unsaturated/α-hetero) is 1. The van der Waals surface area contributed by atoms with Crippen molar-refractivity contribution in [3.05, 3.63) is 34.9 Å². The largest absolute Gasteiger partial charge is 0.298 e. The summed E-state index contributed by atoms with van der Waals surface area (Å²) >= 11 is 5.71. The van der Waals surface area contributed by atoms with Crippen LogP contribution >= 0.6 is 11.6 Å². The Morgan fingerprint density at radius 1 is 1.24 bits per heavy atom. The molecular formula is C12H13ClO3S. The van der Waals surface area contributed by atoms with Gasteiger partial charge in [-0.15, -0.1) is 0 Å². The van der Waals surface area contributed by atoms with E-state index in [0.717, 1.165) is 12.8 Å². The number of benzene rings is 1. The molecule has 1 fully saturated rings. The average Bonchev–Trinajstić information content (AvgIpc) is 3.03. The lowest BCUT2D eigenvalue weighted by atomic mass is 10.2. The predicted octanol–water partition coefficient (Wildman–Crippen LogP) is 2.23. The Balaban J connectivity index is 2.01. The monoisotopic (exact) mass is 272 g/mol. The van der Waals surface area contributed by atoms with Gasteiger partial charge in [-0.05, 0) is 30.5 Å². The Morgan fingerprint density at radius 2 is 1.82 bits per heavy atom. The van der Waals surface area contributed by atoms with Crippen LogP contribution in [0.3, 0.4) is 0 Å². The van der Waals surface area contributed by atoms with Crippen LogP contribution in [0.4, 0.5) is 0 Å². The number of sulfone groups is 1. The van der Waals surface area contributed by atoms with E-state index in [1.165, 1.54) is 0 Å². The lowest BCUT2D eigenvalue weighted by molar-refractivity contribution is -0.117. The van der Waals surface area contributed by atoms with E-state index in [1.54, 1.807) is 24.3 Å². The Morgan fingerprint density at radius 3 is 2.35 bits per heavy atom. The molecule has 0 radical (unpaired) electrons. The summed E-state index contributed by atoms with van der Waals surface area (Å²) in [6.45, 7) is 0. The molecule has 0 atom stereocenters. The van der Waals surface area contributed by atoms with Crippen LogP contribution in [0.2, 0.25) is 5.02 Å². The molecule has 0 saturated heterocycles. The normalized spacial score (nSPS) is 15.8. The van der Waals surface area contributed by atoms with Crippen molar-refractivity contribution in [2.75, 3.05) is 5.75 Å². The van der Waals surface area contributed by atoms with Crippen LogP contribution in [0.5, 0.6) is 0 Å². The van der Waals surface area contributed by atoms with Crippen LogP contribution in [-0.4, -0.2) is 20.0 Å². The molecule has 0 aromatic heterocycles. The molecule has 0 amide bonds. The molecule has 92 valence electrons. The van der Waals surface area contributed by atoms with Gasteiger partial charge in [-0.1, -0.05) is 23.7 Å². The van der Waals surface area contributed by atoms with Crippen molar-refractivity contribution >= 4 is 27.2 Å². The number of halogens is 1. The maximum absolute atomic E-state index is 11.8. The summed E-state index contributed by atoms with van der Waals surface area (Å²) in [6.07, 6.45) is 1.69. The van der Waals surface area contributed by atoms with Gasteiger partial charge in [0, 0.05) is 10.9 Å². The summed E-state index contributed by atoms with van der Waals surface area (Å²) in [4.78, 5) is 11.5. The molecule has 0 heterocycles. The molecule has 1 aliphatic carbocycles. The fourth-order valence-electron chi connectivity index (χ4n) is 1.63. The predicted molar refractivity (Wildman–Crippen MR) is 66.7 cm³/mol. The third-order valence-corrected chi connectivity index (χ3v) is 4.44. The molecule has 1 saturated carbocycles. The average molecular weight is 273 g/mol. The van der Waals surface area contributed by atoms with E-state index in [-0.39, 0.29) is 23.2 Å². The first-order chi connectivity index (χ1) is 7.96. The number of carbonyl (C=O) groups is 1. The van der Waals surface area contributed by atoms with Gasteiger partial charge >= 0.3 is 0 Å². The van der Waals surface area contributed by atoms with Crippen LogP contribution in [0.25, 0.3) is 0 Å². The minimum Gasteiger partial charge on any atom is -0.298 e. The summed E-state index contributed by atoms with van der Waals surface area (Å²) in [5.74, 6) is -0.572. The van der Waals surface area contributed by atoms with Crippen LogP contribution in [0.1, 0.15) is 18.4 Å². The van der Waals surface area contributed by atoms with Crippen molar-refractivity contribution in [3.8, 4) is 0 Å². The van der Waals surface area contributed by atoms with Crippen molar-refractivity contribution in [2.24, 2.45) is 5.92 Å². The lowest BCUT2D eigenvalue weighted by Gasteiger charge is -2.03. The molecule has 0 N–H and O–H groups in total. The van der Waals surface area contributed by atoms with Crippen LogP contribution in [0, 0.1) is 5.92 Å². The molecule has 0 unspecified atom stereocenters. The van der Waals surface area contributed by atoms with E-state index in [4.69, 9.17) is 11.6 Å². The molecule has 1 aromatic rings. The Bertz CT molecular complexity index is 515. The minimum atomic E-state index is -3.34. The minimum absolute atomic E-state index is 0.00464. The highest BCUT2D eigenvalue weighted by Crippen LogP contribution is 2.30. The van der Waals surface area contributed by atoms with Crippen LogP contribution < -0.4 is 0 Å². The van der Waals surface area contributed by atoms with Crippen molar-refractivity contribution < 1.29 is 13.2 Å². The maximum Gasteiger partial charge on any atom is 0.161 e. The zero-order valence-corrected chi connectivity index (χ0v) is 10.8. The highest BCUT2D eigenvalue weighted by molar-refractivity contribution is 7.91. The molecule has 2 rings (SSSR count). The number of hydrogen-bond donors (Lipinski definition) is 0. The number of carbonyl (C=O) groups excluding carboxylic acids is 1. The first-order valence-corrected chi connectivity index (χ1v) is 7.64. The second-order valence-corrected chi connectivity index (χ2v) is 6.90. The summed E-state index contributed by atoms with van der Waals surface area (Å²) in [5.41, 5.74) is 0.665. The molecule has 1 aliphatic rings. The Labute approximate surface area is 106 Å². The van der Waals surface area contributed by atoms with E-state index >= 15 is 0 Å². The molecule has 17 heavy (non-hydrogen) atoms. The second kappa shape index (κ2) is 4.78. The first-order valence-electron chi connectivity index (χ1n) is 5.44. The van der Waals surface area contributed by atoms with Gasteiger partial charge < -0.3 is 0 Å². The molecule has 1 aromatic carbocycles. The summed E-state index contributed by atoms with van der Waals surface area (Å²) < 4.78 is 23.5. The van der Waals surface area contributed by atoms with E-state index in [0.29, 0.717) is 10.6 Å². The zero-order chi connectivity index (χ0) is 12.5. The van der Waals surface area contributed by atoms with Crippen LogP contribution in [-0.2, 0) is 20.4 Å². The third-order valence-electron chi connectivity index (χ3n) is 2.69. The van der Waals surface area contributed by atoms with E-state index in [1.807, 2.05) is 0 Å². The van der Waals surface area contributed by atoms with Crippen LogP contribution in [0.15, 0.2) is 24.3 Å². The van der Waals surface area contributed by atoms with Gasteiger partial charge in [0.15, 0.2) is 15.6 Å². The highest BCUT2D eigenvalue weighted by Gasteiger charge is 2.32. The van der Waals surface area contributed by atoms with E-state index < -0.39 is 9.84 Å². The van der Waals surface area contributed by atoms with Gasteiger partial charge in [-0.3, -0.25) is 4.79 Å².